The van der Waals surface area contributed by atoms with Crippen molar-refractivity contribution in [1.82, 2.24) is 5.32 Å². The molecule has 0 aromatic heterocycles. The Balaban J connectivity index is 2.28. The molecule has 78 valence electrons. The quantitative estimate of drug-likeness (QED) is 0.605. The van der Waals surface area contributed by atoms with Crippen molar-refractivity contribution in [3.8, 4) is 12.3 Å². The van der Waals surface area contributed by atoms with E-state index in [1.54, 1.807) is 0 Å². The van der Waals surface area contributed by atoms with E-state index >= 15 is 0 Å². The Hall–Kier alpha value is -1.05. The van der Waals surface area contributed by atoms with Gasteiger partial charge in [0.2, 0.25) is 5.91 Å². The van der Waals surface area contributed by atoms with Crippen LogP contribution >= 0.6 is 0 Å². The zero-order valence-electron chi connectivity index (χ0n) is 8.21. The average molecular weight is 196 g/mol. The number of ether oxygens (including phenoxy) is 1. The predicted molar refractivity (Wildman–Crippen MR) is 53.4 cm³/mol. The van der Waals surface area contributed by atoms with E-state index < -0.39 is 0 Å². The molecule has 0 bridgehead atoms. The zero-order valence-corrected chi connectivity index (χ0v) is 8.21. The Morgan fingerprint density at radius 3 is 2.79 bits per heavy atom. The Bertz CT molecular complexity index is 239. The lowest BCUT2D eigenvalue weighted by atomic mass is 9.91. The summed E-state index contributed by atoms with van der Waals surface area (Å²) in [6.07, 6.45) is 6.69. The first-order chi connectivity index (χ1) is 6.66. The van der Waals surface area contributed by atoms with Gasteiger partial charge in [-0.05, 0) is 12.8 Å². The summed E-state index contributed by atoms with van der Waals surface area (Å²) >= 11 is 0. The van der Waals surface area contributed by atoms with Crippen LogP contribution in [0.3, 0.4) is 0 Å². The lowest BCUT2D eigenvalue weighted by Gasteiger charge is -2.33. The molecule has 0 unspecified atom stereocenters. The Labute approximate surface area is 84.2 Å². The maximum atomic E-state index is 11.1. The Morgan fingerprint density at radius 1 is 1.57 bits per heavy atom. The minimum atomic E-state index is -0.317. The van der Waals surface area contributed by atoms with Crippen molar-refractivity contribution < 1.29 is 9.53 Å². The summed E-state index contributed by atoms with van der Waals surface area (Å²) in [4.78, 5) is 11.1. The van der Waals surface area contributed by atoms with E-state index in [1.165, 1.54) is 0 Å². The predicted octanol–water partition coefficient (Wildman–Crippen LogP) is -0.366. The highest BCUT2D eigenvalue weighted by Crippen LogP contribution is 2.16. The van der Waals surface area contributed by atoms with Crippen molar-refractivity contribution in [2.75, 3.05) is 19.8 Å². The van der Waals surface area contributed by atoms with Gasteiger partial charge in [-0.1, -0.05) is 5.92 Å². The molecule has 3 N–H and O–H groups in total. The van der Waals surface area contributed by atoms with Gasteiger partial charge in [-0.25, -0.2) is 0 Å². The number of hydrogen-bond acceptors (Lipinski definition) is 3. The summed E-state index contributed by atoms with van der Waals surface area (Å²) in [6.45, 7) is 1.82. The van der Waals surface area contributed by atoms with Crippen LogP contribution in [-0.4, -0.2) is 31.2 Å². The standard InChI is InChI=1S/C10H16N2O2/c1-2-3-9(13)12-8-10(11)4-6-14-7-5-10/h1H,3-8,11H2,(H,12,13). The molecule has 14 heavy (non-hydrogen) atoms. The van der Waals surface area contributed by atoms with Crippen molar-refractivity contribution in [3.05, 3.63) is 0 Å². The van der Waals surface area contributed by atoms with E-state index in [1.807, 2.05) is 0 Å². The summed E-state index contributed by atoms with van der Waals surface area (Å²) in [5, 5.41) is 2.73. The van der Waals surface area contributed by atoms with Crippen molar-refractivity contribution in [3.63, 3.8) is 0 Å². The first kappa shape index (κ1) is 11.0. The third-order valence-corrected chi connectivity index (χ3v) is 2.39. The lowest BCUT2D eigenvalue weighted by Crippen LogP contribution is -2.53. The van der Waals surface area contributed by atoms with Gasteiger partial charge in [-0.3, -0.25) is 4.79 Å². The number of amides is 1. The average Bonchev–Trinajstić information content (AvgIpc) is 2.17. The lowest BCUT2D eigenvalue weighted by molar-refractivity contribution is -0.120. The molecule has 0 saturated carbocycles. The highest BCUT2D eigenvalue weighted by molar-refractivity contribution is 5.78. The fraction of sp³-hybridized carbons (Fsp3) is 0.700. The van der Waals surface area contributed by atoms with Crippen LogP contribution in [0.25, 0.3) is 0 Å². The van der Waals surface area contributed by atoms with E-state index in [9.17, 15) is 4.79 Å². The molecule has 0 aromatic carbocycles. The summed E-state index contributed by atoms with van der Waals surface area (Å²) < 4.78 is 5.19. The van der Waals surface area contributed by atoms with E-state index in [0.29, 0.717) is 19.8 Å². The van der Waals surface area contributed by atoms with Gasteiger partial charge in [0.1, 0.15) is 0 Å². The van der Waals surface area contributed by atoms with Crippen LogP contribution in [0.1, 0.15) is 19.3 Å². The first-order valence-corrected chi connectivity index (χ1v) is 4.73. The number of nitrogens with one attached hydrogen (secondary N) is 1. The maximum Gasteiger partial charge on any atom is 0.232 e. The van der Waals surface area contributed by atoms with Gasteiger partial charge in [-0.15, -0.1) is 6.42 Å². The monoisotopic (exact) mass is 196 g/mol. The molecular weight excluding hydrogens is 180 g/mol. The number of rotatable bonds is 3. The molecular formula is C10H16N2O2. The van der Waals surface area contributed by atoms with Gasteiger partial charge in [0.25, 0.3) is 0 Å². The van der Waals surface area contributed by atoms with Crippen LogP contribution in [0.4, 0.5) is 0 Å². The fourth-order valence-corrected chi connectivity index (χ4v) is 1.38. The molecule has 1 saturated heterocycles. The zero-order chi connectivity index (χ0) is 10.4. The molecule has 1 rings (SSSR count). The van der Waals surface area contributed by atoms with Gasteiger partial charge in [0.05, 0.1) is 6.42 Å². The van der Waals surface area contributed by atoms with Crippen molar-refractivity contribution in [1.29, 1.82) is 0 Å². The highest BCUT2D eigenvalue weighted by Gasteiger charge is 2.28. The SMILES string of the molecule is C#CCC(=O)NCC1(N)CCOCC1. The normalized spacial score (nSPS) is 19.7. The Morgan fingerprint density at radius 2 is 2.21 bits per heavy atom. The number of nitrogens with two attached hydrogens (primary N) is 1. The van der Waals surface area contributed by atoms with E-state index in [-0.39, 0.29) is 17.9 Å². The van der Waals surface area contributed by atoms with Crippen molar-refractivity contribution >= 4 is 5.91 Å². The van der Waals surface area contributed by atoms with Crippen molar-refractivity contribution in [2.45, 2.75) is 24.8 Å². The molecule has 1 aliphatic rings. The Kier molecular flexibility index (Phi) is 3.93. The molecule has 0 atom stereocenters. The number of terminal acetylenes is 1. The summed E-state index contributed by atoms with van der Waals surface area (Å²) in [7, 11) is 0. The second-order valence-electron chi connectivity index (χ2n) is 3.63. The van der Waals surface area contributed by atoms with E-state index in [0.717, 1.165) is 12.8 Å². The molecule has 0 radical (unpaired) electrons. The molecule has 4 heteroatoms. The highest BCUT2D eigenvalue weighted by atomic mass is 16.5. The molecule has 0 spiro atoms. The van der Waals surface area contributed by atoms with Gasteiger partial charge < -0.3 is 15.8 Å². The minimum Gasteiger partial charge on any atom is -0.381 e. The maximum absolute atomic E-state index is 11.1. The largest absolute Gasteiger partial charge is 0.381 e. The van der Waals surface area contributed by atoms with Gasteiger partial charge in [-0.2, -0.15) is 0 Å². The number of hydrogen-bond donors (Lipinski definition) is 2. The van der Waals surface area contributed by atoms with Crippen LogP contribution in [-0.2, 0) is 9.53 Å². The molecule has 1 fully saturated rings. The molecule has 0 aliphatic carbocycles. The summed E-state index contributed by atoms with van der Waals surface area (Å²) in [6, 6.07) is 0. The molecule has 4 nitrogen and oxygen atoms in total. The summed E-state index contributed by atoms with van der Waals surface area (Å²) in [5.74, 6) is 2.15. The van der Waals surface area contributed by atoms with Crippen LogP contribution in [0.5, 0.6) is 0 Å². The van der Waals surface area contributed by atoms with E-state index in [2.05, 4.69) is 11.2 Å². The van der Waals surface area contributed by atoms with Gasteiger partial charge in [0, 0.05) is 25.3 Å². The molecule has 1 amide bonds. The summed E-state index contributed by atoms with van der Waals surface area (Å²) in [5.41, 5.74) is 5.74. The van der Waals surface area contributed by atoms with Crippen LogP contribution in [0.15, 0.2) is 0 Å². The second-order valence-corrected chi connectivity index (χ2v) is 3.63. The third kappa shape index (κ3) is 3.36. The van der Waals surface area contributed by atoms with E-state index in [4.69, 9.17) is 16.9 Å². The van der Waals surface area contributed by atoms with Crippen LogP contribution in [0, 0.1) is 12.3 Å². The van der Waals surface area contributed by atoms with Crippen LogP contribution < -0.4 is 11.1 Å². The van der Waals surface area contributed by atoms with Gasteiger partial charge in [0.15, 0.2) is 0 Å². The smallest absolute Gasteiger partial charge is 0.232 e. The number of carbonyl (C=O) groups is 1. The van der Waals surface area contributed by atoms with Crippen molar-refractivity contribution in [2.24, 2.45) is 5.73 Å². The molecule has 1 heterocycles. The topological polar surface area (TPSA) is 64.4 Å². The minimum absolute atomic E-state index is 0.118. The molecule has 0 aromatic rings. The van der Waals surface area contributed by atoms with Gasteiger partial charge >= 0.3 is 0 Å². The number of carbonyl (C=O) groups excluding carboxylic acids is 1. The van der Waals surface area contributed by atoms with Crippen LogP contribution in [0.2, 0.25) is 0 Å². The first-order valence-electron chi connectivity index (χ1n) is 4.73. The fourth-order valence-electron chi connectivity index (χ4n) is 1.38. The third-order valence-electron chi connectivity index (χ3n) is 2.39. The second kappa shape index (κ2) is 4.99. The molecule has 1 aliphatic heterocycles.